The molecule has 6 nitrogen and oxygen atoms in total. The van der Waals surface area contributed by atoms with Crippen molar-refractivity contribution < 1.29 is 19.1 Å². The number of hydrogen-bond acceptors (Lipinski definition) is 6. The van der Waals surface area contributed by atoms with E-state index in [1.165, 1.54) is 0 Å². The largest absolute Gasteiger partial charge is 0.459 e. The lowest BCUT2D eigenvalue weighted by molar-refractivity contribution is -0.00756. The van der Waals surface area contributed by atoms with E-state index in [1.54, 1.807) is 0 Å². The molecule has 46 heavy (non-hydrogen) atoms. The van der Waals surface area contributed by atoms with E-state index >= 15 is 0 Å². The van der Waals surface area contributed by atoms with E-state index in [0.29, 0.717) is 11.1 Å². The van der Waals surface area contributed by atoms with Crippen LogP contribution in [0.3, 0.4) is 0 Å². The molecule has 2 aliphatic rings. The zero-order valence-electron chi connectivity index (χ0n) is 28.5. The van der Waals surface area contributed by atoms with Crippen LogP contribution < -0.4 is 10.6 Å². The van der Waals surface area contributed by atoms with E-state index in [2.05, 4.69) is 72.1 Å². The Morgan fingerprint density at radius 3 is 1.61 bits per heavy atom. The monoisotopic (exact) mass is 620 g/mol. The van der Waals surface area contributed by atoms with Gasteiger partial charge in [-0.15, -0.1) is 0 Å². The van der Waals surface area contributed by atoms with Gasteiger partial charge in [0, 0.05) is 47.8 Å². The highest BCUT2D eigenvalue weighted by molar-refractivity contribution is 6.13. The summed E-state index contributed by atoms with van der Waals surface area (Å²) in [5, 5.41) is 11.1. The molecule has 2 N–H and O–H groups in total. The van der Waals surface area contributed by atoms with Gasteiger partial charge < -0.3 is 20.1 Å². The minimum Gasteiger partial charge on any atom is -0.459 e. The molecule has 242 valence electrons. The maximum absolute atomic E-state index is 13.7. The molecule has 0 aromatic heterocycles. The van der Waals surface area contributed by atoms with E-state index in [9.17, 15) is 9.59 Å². The lowest BCUT2D eigenvalue weighted by atomic mass is 9.81. The molecule has 2 aliphatic heterocycles. The Morgan fingerprint density at radius 1 is 0.565 bits per heavy atom. The Bertz CT molecular complexity index is 1790. The van der Waals surface area contributed by atoms with Crippen LogP contribution in [0.4, 0.5) is 0 Å². The van der Waals surface area contributed by atoms with E-state index in [-0.39, 0.29) is 46.3 Å². The van der Waals surface area contributed by atoms with Crippen molar-refractivity contribution in [2.45, 2.75) is 115 Å². The highest BCUT2D eigenvalue weighted by atomic mass is 16.5. The van der Waals surface area contributed by atoms with E-state index in [1.807, 2.05) is 66.7 Å². The van der Waals surface area contributed by atoms with Gasteiger partial charge in [0.1, 0.15) is 12.2 Å². The van der Waals surface area contributed by atoms with Crippen LogP contribution in [0, 0.1) is 0 Å². The van der Waals surface area contributed by atoms with E-state index < -0.39 is 0 Å². The molecular formula is C40H48N2O4. The predicted octanol–water partition coefficient (Wildman–Crippen LogP) is 8.59. The summed E-state index contributed by atoms with van der Waals surface area (Å²) in [5.41, 5.74) is 2.40. The Morgan fingerprint density at radius 2 is 1.04 bits per heavy atom. The number of carbonyl (C=O) groups is 2. The fourth-order valence-corrected chi connectivity index (χ4v) is 8.42. The molecule has 4 aromatic carbocycles. The first-order valence-electron chi connectivity index (χ1n) is 16.6. The minimum atomic E-state index is -0.317. The molecule has 4 aromatic rings. The van der Waals surface area contributed by atoms with Gasteiger partial charge >= 0.3 is 11.9 Å². The predicted molar refractivity (Wildman–Crippen MR) is 186 cm³/mol. The molecule has 6 rings (SSSR count). The SMILES string of the molecule is CC1(C)CC(OC(=O)c2cc(-c3ccc(C(=O)OC4CC(C)(C)NC(C)(C)C4)c4ccccc34)c3ccccc3c2)CC(C)(C)N1. The molecule has 2 fully saturated rings. The van der Waals surface area contributed by atoms with Gasteiger partial charge in [-0.05, 0) is 106 Å². The van der Waals surface area contributed by atoms with Gasteiger partial charge in [0.05, 0.1) is 11.1 Å². The number of piperidine rings is 2. The molecule has 2 heterocycles. The van der Waals surface area contributed by atoms with Crippen LogP contribution in [-0.2, 0) is 9.47 Å². The average molecular weight is 621 g/mol. The van der Waals surface area contributed by atoms with Gasteiger partial charge in [0.25, 0.3) is 0 Å². The second kappa shape index (κ2) is 11.5. The Kier molecular flexibility index (Phi) is 8.05. The molecule has 0 unspecified atom stereocenters. The fourth-order valence-electron chi connectivity index (χ4n) is 8.42. The quantitative estimate of drug-likeness (QED) is 0.218. The Balaban J connectivity index is 1.36. The van der Waals surface area contributed by atoms with Gasteiger partial charge in [0.2, 0.25) is 0 Å². The van der Waals surface area contributed by atoms with Crippen molar-refractivity contribution in [3.63, 3.8) is 0 Å². The average Bonchev–Trinajstić information content (AvgIpc) is 2.92. The molecule has 0 aliphatic carbocycles. The lowest BCUT2D eigenvalue weighted by Gasteiger charge is -2.45. The molecular weight excluding hydrogens is 572 g/mol. The zero-order chi connectivity index (χ0) is 33.1. The first-order chi connectivity index (χ1) is 21.5. The zero-order valence-corrected chi connectivity index (χ0v) is 28.5. The van der Waals surface area contributed by atoms with Crippen LogP contribution in [0.15, 0.2) is 72.8 Å². The van der Waals surface area contributed by atoms with Crippen molar-refractivity contribution in [1.29, 1.82) is 0 Å². The summed E-state index contributed by atoms with van der Waals surface area (Å²) in [7, 11) is 0. The van der Waals surface area contributed by atoms with Crippen molar-refractivity contribution >= 4 is 33.5 Å². The first-order valence-corrected chi connectivity index (χ1v) is 16.6. The summed E-state index contributed by atoms with van der Waals surface area (Å²) in [5.74, 6) is -0.626. The normalized spacial score (nSPS) is 20.8. The number of nitrogens with one attached hydrogen (secondary N) is 2. The molecule has 0 amide bonds. The summed E-state index contributed by atoms with van der Waals surface area (Å²) < 4.78 is 12.4. The van der Waals surface area contributed by atoms with Crippen LogP contribution >= 0.6 is 0 Å². The Hall–Kier alpha value is -3.74. The molecule has 0 bridgehead atoms. The number of rotatable bonds is 5. The number of ether oxygens (including phenoxy) is 2. The van der Waals surface area contributed by atoms with Gasteiger partial charge in [-0.1, -0.05) is 54.6 Å². The molecule has 0 saturated carbocycles. The van der Waals surface area contributed by atoms with Crippen molar-refractivity contribution in [3.8, 4) is 11.1 Å². The van der Waals surface area contributed by atoms with Crippen LogP contribution in [0.1, 0.15) is 102 Å². The second-order valence-electron chi connectivity index (χ2n) is 16.1. The van der Waals surface area contributed by atoms with Crippen molar-refractivity contribution in [2.24, 2.45) is 0 Å². The summed E-state index contributed by atoms with van der Waals surface area (Å²) in [4.78, 5) is 27.5. The summed E-state index contributed by atoms with van der Waals surface area (Å²) >= 11 is 0. The van der Waals surface area contributed by atoms with E-state index in [4.69, 9.17) is 9.47 Å². The van der Waals surface area contributed by atoms with Crippen molar-refractivity contribution in [2.75, 3.05) is 0 Å². The van der Waals surface area contributed by atoms with Crippen molar-refractivity contribution in [1.82, 2.24) is 10.6 Å². The molecule has 0 spiro atoms. The summed E-state index contributed by atoms with van der Waals surface area (Å²) in [6, 6.07) is 23.8. The van der Waals surface area contributed by atoms with Gasteiger partial charge in [-0.25, -0.2) is 9.59 Å². The van der Waals surface area contributed by atoms with Crippen LogP contribution in [0.2, 0.25) is 0 Å². The number of carbonyl (C=O) groups excluding carboxylic acids is 2. The smallest absolute Gasteiger partial charge is 0.339 e. The number of esters is 2. The Labute approximate surface area is 273 Å². The van der Waals surface area contributed by atoms with Crippen LogP contribution in [0.25, 0.3) is 32.7 Å². The van der Waals surface area contributed by atoms with Gasteiger partial charge in [-0.3, -0.25) is 0 Å². The third-order valence-electron chi connectivity index (χ3n) is 9.38. The maximum Gasteiger partial charge on any atom is 0.339 e. The number of fused-ring (bicyclic) bond motifs is 2. The third kappa shape index (κ3) is 6.84. The van der Waals surface area contributed by atoms with Gasteiger partial charge in [0.15, 0.2) is 0 Å². The third-order valence-corrected chi connectivity index (χ3v) is 9.38. The summed E-state index contributed by atoms with van der Waals surface area (Å²) in [6.45, 7) is 17.2. The first kappa shape index (κ1) is 32.2. The molecule has 2 saturated heterocycles. The van der Waals surface area contributed by atoms with E-state index in [0.717, 1.165) is 58.4 Å². The maximum atomic E-state index is 13.7. The van der Waals surface area contributed by atoms with Crippen molar-refractivity contribution in [3.05, 3.63) is 83.9 Å². The molecule has 0 radical (unpaired) electrons. The van der Waals surface area contributed by atoms with Crippen LogP contribution in [0.5, 0.6) is 0 Å². The molecule has 6 heteroatoms. The highest BCUT2D eigenvalue weighted by Crippen LogP contribution is 2.38. The summed E-state index contributed by atoms with van der Waals surface area (Å²) in [6.07, 6.45) is 2.63. The highest BCUT2D eigenvalue weighted by Gasteiger charge is 2.41. The molecule has 0 atom stereocenters. The van der Waals surface area contributed by atoms with Crippen LogP contribution in [-0.4, -0.2) is 46.3 Å². The standard InChI is InChI=1S/C40H48N2O4/c1-37(2)21-27(22-38(3,4)41-37)45-35(43)26-19-25-13-9-10-14-29(25)34(20-26)32-17-18-33(31-16-12-11-15-30(31)32)36(44)46-28-23-39(5,6)42-40(7,8)24-28/h9-20,27-28,41-42H,21-24H2,1-8H3. The number of benzene rings is 4. The van der Waals surface area contributed by atoms with Gasteiger partial charge in [-0.2, -0.15) is 0 Å². The number of hydrogen-bond donors (Lipinski definition) is 2. The topological polar surface area (TPSA) is 76.7 Å². The minimum absolute atomic E-state index is 0.133. The fraction of sp³-hybridized carbons (Fsp3) is 0.450. The lowest BCUT2D eigenvalue weighted by Crippen LogP contribution is -2.59. The second-order valence-corrected chi connectivity index (χ2v) is 16.1.